The first-order valence-corrected chi connectivity index (χ1v) is 6.66. The van der Waals surface area contributed by atoms with E-state index in [1.54, 1.807) is 0 Å². The van der Waals surface area contributed by atoms with Gasteiger partial charge >= 0.3 is 0 Å². The van der Waals surface area contributed by atoms with Crippen LogP contribution in [0.1, 0.15) is 29.8 Å². The van der Waals surface area contributed by atoms with Gasteiger partial charge in [0.25, 0.3) is 0 Å². The Labute approximate surface area is 112 Å². The van der Waals surface area contributed by atoms with Crippen LogP contribution in [-0.4, -0.2) is 21.6 Å². The normalized spacial score (nSPS) is 15.4. The van der Waals surface area contributed by atoms with Crippen molar-refractivity contribution < 1.29 is 4.42 Å². The predicted octanol–water partition coefficient (Wildman–Crippen LogP) is 1.77. The summed E-state index contributed by atoms with van der Waals surface area (Å²) in [7, 11) is 0. The Bertz CT molecular complexity index is 579. The van der Waals surface area contributed by atoms with E-state index in [1.807, 2.05) is 19.1 Å². The van der Waals surface area contributed by atoms with Gasteiger partial charge in [-0.2, -0.15) is 0 Å². The summed E-state index contributed by atoms with van der Waals surface area (Å²) in [6, 6.07) is 6.14. The fourth-order valence-corrected chi connectivity index (χ4v) is 2.48. The third-order valence-electron chi connectivity index (χ3n) is 3.56. The van der Waals surface area contributed by atoms with Gasteiger partial charge in [-0.1, -0.05) is 19.1 Å². The molecule has 2 aromatic rings. The van der Waals surface area contributed by atoms with E-state index in [0.717, 1.165) is 31.6 Å². The molecule has 0 bridgehead atoms. The second kappa shape index (κ2) is 5.01. The maximum Gasteiger partial charge on any atom is 0.230 e. The molecule has 0 radical (unpaired) electrons. The Kier molecular flexibility index (Phi) is 3.21. The number of nitrogens with zero attached hydrogens (tertiary/aromatic N) is 3. The summed E-state index contributed by atoms with van der Waals surface area (Å²) in [4.78, 5) is 2.30. The van der Waals surface area contributed by atoms with Gasteiger partial charge in [0, 0.05) is 25.2 Å². The molecule has 0 saturated heterocycles. The zero-order valence-corrected chi connectivity index (χ0v) is 11.1. The summed E-state index contributed by atoms with van der Waals surface area (Å²) in [6.45, 7) is 4.56. The van der Waals surface area contributed by atoms with Gasteiger partial charge in [-0.25, -0.2) is 0 Å². The van der Waals surface area contributed by atoms with Crippen molar-refractivity contribution in [1.29, 1.82) is 0 Å². The molecule has 0 saturated carbocycles. The van der Waals surface area contributed by atoms with Crippen LogP contribution < -0.4 is 5.73 Å². The summed E-state index contributed by atoms with van der Waals surface area (Å²) in [5.41, 5.74) is 9.52. The Morgan fingerprint density at radius 2 is 2.16 bits per heavy atom. The van der Waals surface area contributed by atoms with Crippen LogP contribution in [0.15, 0.2) is 22.6 Å². The highest BCUT2D eigenvalue weighted by Gasteiger charge is 2.19. The van der Waals surface area contributed by atoms with E-state index < -0.39 is 0 Å². The Balaban J connectivity index is 1.73. The van der Waals surface area contributed by atoms with Crippen LogP contribution in [0.4, 0.5) is 5.69 Å². The van der Waals surface area contributed by atoms with Crippen molar-refractivity contribution >= 4 is 5.69 Å². The number of aryl methyl sites for hydroxylation is 1. The zero-order valence-electron chi connectivity index (χ0n) is 11.1. The van der Waals surface area contributed by atoms with Gasteiger partial charge in [0.15, 0.2) is 0 Å². The fourth-order valence-electron chi connectivity index (χ4n) is 2.48. The van der Waals surface area contributed by atoms with E-state index in [9.17, 15) is 0 Å². The van der Waals surface area contributed by atoms with E-state index >= 15 is 0 Å². The first kappa shape index (κ1) is 12.2. The molecule has 2 N–H and O–H groups in total. The largest absolute Gasteiger partial charge is 0.424 e. The lowest BCUT2D eigenvalue weighted by Crippen LogP contribution is -2.30. The molecule has 100 valence electrons. The van der Waals surface area contributed by atoms with Crippen LogP contribution in [0.2, 0.25) is 0 Å². The summed E-state index contributed by atoms with van der Waals surface area (Å²) >= 11 is 0. The van der Waals surface area contributed by atoms with Crippen LogP contribution in [-0.2, 0) is 25.9 Å². The van der Waals surface area contributed by atoms with Gasteiger partial charge < -0.3 is 10.2 Å². The fraction of sp³-hybridized carbons (Fsp3) is 0.429. The quantitative estimate of drug-likeness (QED) is 0.850. The number of hydrogen-bond donors (Lipinski definition) is 1. The third kappa shape index (κ3) is 2.46. The van der Waals surface area contributed by atoms with E-state index in [4.69, 9.17) is 10.2 Å². The highest BCUT2D eigenvalue weighted by molar-refractivity contribution is 5.51. The molecule has 2 heterocycles. The van der Waals surface area contributed by atoms with Gasteiger partial charge in [0.05, 0.1) is 6.54 Å². The highest BCUT2D eigenvalue weighted by Crippen LogP contribution is 2.25. The number of rotatable bonds is 3. The van der Waals surface area contributed by atoms with Crippen LogP contribution in [0, 0.1) is 0 Å². The topological polar surface area (TPSA) is 68.2 Å². The first-order valence-electron chi connectivity index (χ1n) is 6.66. The second-order valence-corrected chi connectivity index (χ2v) is 4.89. The molecule has 1 aromatic carbocycles. The molecule has 0 aliphatic carbocycles. The molecule has 1 aliphatic rings. The van der Waals surface area contributed by atoms with Crippen LogP contribution >= 0.6 is 0 Å². The minimum absolute atomic E-state index is 0.690. The number of benzene rings is 1. The van der Waals surface area contributed by atoms with Crippen molar-refractivity contribution in [1.82, 2.24) is 15.1 Å². The summed E-state index contributed by atoms with van der Waals surface area (Å²) in [5, 5.41) is 8.06. The zero-order chi connectivity index (χ0) is 13.2. The van der Waals surface area contributed by atoms with Gasteiger partial charge in [0.1, 0.15) is 0 Å². The molecule has 0 unspecified atom stereocenters. The Morgan fingerprint density at radius 3 is 2.95 bits per heavy atom. The third-order valence-corrected chi connectivity index (χ3v) is 3.56. The van der Waals surface area contributed by atoms with Crippen LogP contribution in [0.5, 0.6) is 0 Å². The van der Waals surface area contributed by atoms with Crippen LogP contribution in [0.25, 0.3) is 0 Å². The number of aromatic nitrogens is 2. The molecular weight excluding hydrogens is 240 g/mol. The van der Waals surface area contributed by atoms with Crippen molar-refractivity contribution in [2.45, 2.75) is 32.9 Å². The first-order chi connectivity index (χ1) is 9.26. The SMILES string of the molecule is CCc1nnc(CN2CCc3cccc(N)c3C2)o1. The summed E-state index contributed by atoms with van der Waals surface area (Å²) in [6.07, 6.45) is 1.80. The lowest BCUT2D eigenvalue weighted by atomic mass is 9.98. The molecule has 0 amide bonds. The maximum atomic E-state index is 6.04. The number of hydrogen-bond acceptors (Lipinski definition) is 5. The molecule has 0 atom stereocenters. The molecule has 1 aliphatic heterocycles. The van der Waals surface area contributed by atoms with Gasteiger partial charge in [-0.05, 0) is 23.6 Å². The van der Waals surface area contributed by atoms with Crippen molar-refractivity contribution in [3.8, 4) is 0 Å². The molecule has 0 spiro atoms. The Hall–Kier alpha value is -1.88. The molecule has 1 aromatic heterocycles. The van der Waals surface area contributed by atoms with E-state index in [2.05, 4.69) is 21.2 Å². The van der Waals surface area contributed by atoms with Gasteiger partial charge in [-0.15, -0.1) is 10.2 Å². The van der Waals surface area contributed by atoms with Crippen molar-refractivity contribution in [3.05, 3.63) is 41.1 Å². The van der Waals surface area contributed by atoms with Crippen molar-refractivity contribution in [2.75, 3.05) is 12.3 Å². The molecule has 5 heteroatoms. The number of anilines is 1. The highest BCUT2D eigenvalue weighted by atomic mass is 16.4. The molecule has 19 heavy (non-hydrogen) atoms. The van der Waals surface area contributed by atoms with Crippen molar-refractivity contribution in [2.24, 2.45) is 0 Å². The lowest BCUT2D eigenvalue weighted by molar-refractivity contribution is 0.220. The minimum Gasteiger partial charge on any atom is -0.424 e. The number of fused-ring (bicyclic) bond motifs is 1. The summed E-state index contributed by atoms with van der Waals surface area (Å²) < 4.78 is 5.56. The average Bonchev–Trinajstić information content (AvgIpc) is 2.87. The van der Waals surface area contributed by atoms with Crippen molar-refractivity contribution in [3.63, 3.8) is 0 Å². The van der Waals surface area contributed by atoms with Gasteiger partial charge in [0.2, 0.25) is 11.8 Å². The number of nitrogen functional groups attached to an aromatic ring is 1. The smallest absolute Gasteiger partial charge is 0.230 e. The minimum atomic E-state index is 0.690. The maximum absolute atomic E-state index is 6.04. The molecular formula is C14H18N4O. The van der Waals surface area contributed by atoms with E-state index in [-0.39, 0.29) is 0 Å². The van der Waals surface area contributed by atoms with E-state index in [0.29, 0.717) is 18.3 Å². The standard InChI is InChI=1S/C14H18N4O/c1-2-13-16-17-14(19-13)9-18-7-6-10-4-3-5-12(15)11(10)8-18/h3-5H,2,6-9,15H2,1H3. The molecule has 5 nitrogen and oxygen atoms in total. The van der Waals surface area contributed by atoms with E-state index in [1.165, 1.54) is 11.1 Å². The second-order valence-electron chi connectivity index (χ2n) is 4.89. The monoisotopic (exact) mass is 258 g/mol. The number of nitrogens with two attached hydrogens (primary N) is 1. The predicted molar refractivity (Wildman–Crippen MR) is 72.3 cm³/mol. The summed E-state index contributed by atoms with van der Waals surface area (Å²) in [5.74, 6) is 1.39. The van der Waals surface area contributed by atoms with Gasteiger partial charge in [-0.3, -0.25) is 4.90 Å². The molecule has 0 fully saturated rings. The lowest BCUT2D eigenvalue weighted by Gasteiger charge is -2.28. The average molecular weight is 258 g/mol. The Morgan fingerprint density at radius 1 is 1.32 bits per heavy atom. The molecule has 3 rings (SSSR count). The van der Waals surface area contributed by atoms with Crippen LogP contribution in [0.3, 0.4) is 0 Å².